The first-order valence-electron chi connectivity index (χ1n) is 10.0. The van der Waals surface area contributed by atoms with E-state index in [4.69, 9.17) is 4.74 Å². The van der Waals surface area contributed by atoms with Crippen LogP contribution in [0.5, 0.6) is 0 Å². The van der Waals surface area contributed by atoms with E-state index >= 15 is 0 Å². The number of ether oxygens (including phenoxy) is 1. The van der Waals surface area contributed by atoms with Gasteiger partial charge >= 0.3 is 0 Å². The molecule has 2 atom stereocenters. The highest BCUT2D eigenvalue weighted by Crippen LogP contribution is 2.31. The molecule has 1 saturated heterocycles. The largest absolute Gasteiger partial charge is 0.370 e. The van der Waals surface area contributed by atoms with Gasteiger partial charge in [-0.05, 0) is 19.3 Å². The van der Waals surface area contributed by atoms with Crippen molar-refractivity contribution in [2.75, 3.05) is 14.1 Å². The van der Waals surface area contributed by atoms with Gasteiger partial charge in [-0.2, -0.15) is 0 Å². The normalized spacial score (nSPS) is 19.8. The maximum absolute atomic E-state index is 11.4. The monoisotopic (exact) mass is 325 g/mol. The molecule has 0 spiro atoms. The lowest BCUT2D eigenvalue weighted by Crippen LogP contribution is -2.20. The van der Waals surface area contributed by atoms with Gasteiger partial charge in [0.2, 0.25) is 5.91 Å². The minimum atomic E-state index is 0.258. The summed E-state index contributed by atoms with van der Waals surface area (Å²) in [6.07, 6.45) is 18.7. The summed E-state index contributed by atoms with van der Waals surface area (Å²) in [7, 11) is 3.67. The molecule has 0 aromatic carbocycles. The number of hydrogen-bond donors (Lipinski definition) is 0. The Kier molecular flexibility index (Phi) is 11.4. The molecule has 23 heavy (non-hydrogen) atoms. The van der Waals surface area contributed by atoms with Crippen LogP contribution >= 0.6 is 0 Å². The van der Waals surface area contributed by atoms with Crippen molar-refractivity contribution in [3.63, 3.8) is 0 Å². The number of nitrogens with zero attached hydrogens (tertiary/aromatic N) is 1. The van der Waals surface area contributed by atoms with Crippen molar-refractivity contribution in [3.8, 4) is 0 Å². The topological polar surface area (TPSA) is 32.8 Å². The molecule has 1 amide bonds. The van der Waals surface area contributed by atoms with Gasteiger partial charge in [0.15, 0.2) is 0 Å². The average molecular weight is 326 g/mol. The molecule has 0 radical (unpaired) electrons. The molecular weight excluding hydrogens is 286 g/mol. The van der Waals surface area contributed by atoms with Crippen LogP contribution in [0.15, 0.2) is 0 Å². The van der Waals surface area contributed by atoms with Crippen molar-refractivity contribution >= 4 is 5.91 Å². The van der Waals surface area contributed by atoms with E-state index in [0.717, 1.165) is 6.42 Å². The highest BCUT2D eigenvalue weighted by atomic mass is 16.6. The molecule has 0 aromatic rings. The van der Waals surface area contributed by atoms with Crippen LogP contribution in [-0.2, 0) is 9.53 Å². The zero-order valence-electron chi connectivity index (χ0n) is 15.8. The first kappa shape index (κ1) is 20.5. The highest BCUT2D eigenvalue weighted by molar-refractivity contribution is 5.75. The lowest BCUT2D eigenvalue weighted by Gasteiger charge is -2.09. The summed E-state index contributed by atoms with van der Waals surface area (Å²) in [6, 6.07) is 0. The zero-order chi connectivity index (χ0) is 16.9. The smallest absolute Gasteiger partial charge is 0.222 e. The SMILES string of the molecule is CCCCCCCCC1OC1CCCCCCCC(=O)N(C)C. The fourth-order valence-corrected chi connectivity index (χ4v) is 3.19. The van der Waals surface area contributed by atoms with Crippen LogP contribution < -0.4 is 0 Å². The van der Waals surface area contributed by atoms with Gasteiger partial charge < -0.3 is 9.64 Å². The van der Waals surface area contributed by atoms with Crippen molar-refractivity contribution in [1.82, 2.24) is 4.90 Å². The summed E-state index contributed by atoms with van der Waals surface area (Å²) in [5.74, 6) is 0.258. The molecule has 0 saturated carbocycles. The van der Waals surface area contributed by atoms with Crippen LogP contribution in [-0.4, -0.2) is 37.1 Å². The van der Waals surface area contributed by atoms with Gasteiger partial charge in [-0.25, -0.2) is 0 Å². The lowest BCUT2D eigenvalue weighted by atomic mass is 10.0. The molecule has 136 valence electrons. The second-order valence-electron chi connectivity index (χ2n) is 7.36. The highest BCUT2D eigenvalue weighted by Gasteiger charge is 2.36. The summed E-state index contributed by atoms with van der Waals surface area (Å²) in [5, 5.41) is 0. The fraction of sp³-hybridized carbons (Fsp3) is 0.950. The Balaban J connectivity index is 1.79. The second-order valence-corrected chi connectivity index (χ2v) is 7.36. The lowest BCUT2D eigenvalue weighted by molar-refractivity contribution is -0.128. The van der Waals surface area contributed by atoms with Crippen molar-refractivity contribution < 1.29 is 9.53 Å². The van der Waals surface area contributed by atoms with Crippen LogP contribution in [0, 0.1) is 0 Å². The van der Waals surface area contributed by atoms with E-state index in [1.807, 2.05) is 14.1 Å². The Hall–Kier alpha value is -0.570. The van der Waals surface area contributed by atoms with Crippen LogP contribution in [0.1, 0.15) is 96.8 Å². The summed E-state index contributed by atoms with van der Waals surface area (Å²) in [5.41, 5.74) is 0. The van der Waals surface area contributed by atoms with Gasteiger partial charge in [0.25, 0.3) is 0 Å². The average Bonchev–Trinajstić information content (AvgIpc) is 3.27. The molecule has 1 aliphatic rings. The number of hydrogen-bond acceptors (Lipinski definition) is 2. The Morgan fingerprint density at radius 3 is 1.78 bits per heavy atom. The molecule has 2 unspecified atom stereocenters. The molecule has 0 aromatic heterocycles. The van der Waals surface area contributed by atoms with Crippen molar-refractivity contribution in [2.24, 2.45) is 0 Å². The number of amides is 1. The second kappa shape index (κ2) is 12.8. The molecule has 0 N–H and O–H groups in total. The van der Waals surface area contributed by atoms with E-state index in [0.29, 0.717) is 18.6 Å². The first-order chi connectivity index (χ1) is 11.1. The molecule has 1 heterocycles. The molecule has 1 rings (SSSR count). The number of epoxide rings is 1. The van der Waals surface area contributed by atoms with Gasteiger partial charge in [-0.1, -0.05) is 71.1 Å². The maximum Gasteiger partial charge on any atom is 0.222 e. The fourth-order valence-electron chi connectivity index (χ4n) is 3.19. The van der Waals surface area contributed by atoms with E-state index in [1.165, 1.54) is 77.0 Å². The molecule has 1 aliphatic heterocycles. The minimum Gasteiger partial charge on any atom is -0.370 e. The quantitative estimate of drug-likeness (QED) is 0.301. The van der Waals surface area contributed by atoms with Gasteiger partial charge in [-0.3, -0.25) is 4.79 Å². The van der Waals surface area contributed by atoms with E-state index in [9.17, 15) is 4.79 Å². The van der Waals surface area contributed by atoms with E-state index < -0.39 is 0 Å². The van der Waals surface area contributed by atoms with Crippen molar-refractivity contribution in [2.45, 2.75) is 109 Å². The predicted molar refractivity (Wildman–Crippen MR) is 97.7 cm³/mol. The molecule has 0 bridgehead atoms. The zero-order valence-corrected chi connectivity index (χ0v) is 15.8. The molecule has 3 nitrogen and oxygen atoms in total. The number of unbranched alkanes of at least 4 members (excludes halogenated alkanes) is 9. The number of carbonyl (C=O) groups excluding carboxylic acids is 1. The van der Waals surface area contributed by atoms with Crippen LogP contribution in [0.4, 0.5) is 0 Å². The van der Waals surface area contributed by atoms with Gasteiger partial charge in [-0.15, -0.1) is 0 Å². The molecule has 3 heteroatoms. The van der Waals surface area contributed by atoms with Gasteiger partial charge in [0, 0.05) is 20.5 Å². The number of rotatable bonds is 15. The minimum absolute atomic E-state index is 0.258. The van der Waals surface area contributed by atoms with Crippen LogP contribution in [0.3, 0.4) is 0 Å². The summed E-state index contributed by atoms with van der Waals surface area (Å²) >= 11 is 0. The summed E-state index contributed by atoms with van der Waals surface area (Å²) < 4.78 is 5.78. The van der Waals surface area contributed by atoms with Crippen LogP contribution in [0.25, 0.3) is 0 Å². The summed E-state index contributed by atoms with van der Waals surface area (Å²) in [6.45, 7) is 2.27. The Labute approximate surface area is 144 Å². The third kappa shape index (κ3) is 10.8. The maximum atomic E-state index is 11.4. The Morgan fingerprint density at radius 2 is 1.26 bits per heavy atom. The van der Waals surface area contributed by atoms with Gasteiger partial charge in [0.05, 0.1) is 12.2 Å². The molecule has 0 aliphatic carbocycles. The van der Waals surface area contributed by atoms with Gasteiger partial charge in [0.1, 0.15) is 0 Å². The Bertz CT molecular complexity index is 304. The Morgan fingerprint density at radius 1 is 0.783 bits per heavy atom. The van der Waals surface area contributed by atoms with E-state index in [2.05, 4.69) is 6.92 Å². The van der Waals surface area contributed by atoms with E-state index in [1.54, 1.807) is 4.90 Å². The third-order valence-electron chi connectivity index (χ3n) is 4.91. The van der Waals surface area contributed by atoms with E-state index in [-0.39, 0.29) is 5.91 Å². The first-order valence-corrected chi connectivity index (χ1v) is 10.0. The summed E-state index contributed by atoms with van der Waals surface area (Å²) in [4.78, 5) is 13.1. The van der Waals surface area contributed by atoms with Crippen molar-refractivity contribution in [1.29, 1.82) is 0 Å². The standard InChI is InChI=1S/C20H39NO2/c1-4-5-6-7-9-12-15-18-19(23-18)16-13-10-8-11-14-17-20(22)21(2)3/h18-19H,4-17H2,1-3H3. The molecular formula is C20H39NO2. The third-order valence-corrected chi connectivity index (χ3v) is 4.91. The molecule has 1 fully saturated rings. The number of carbonyl (C=O) groups is 1. The predicted octanol–water partition coefficient (Wildman–Crippen LogP) is 5.32. The van der Waals surface area contributed by atoms with Crippen LogP contribution in [0.2, 0.25) is 0 Å². The van der Waals surface area contributed by atoms with Crippen molar-refractivity contribution in [3.05, 3.63) is 0 Å².